The molecular weight excluding hydrogens is 337 g/mol. The number of rotatable bonds is 4. The summed E-state index contributed by atoms with van der Waals surface area (Å²) < 4.78 is 0. The molecule has 0 heterocycles. The highest BCUT2D eigenvalue weighted by molar-refractivity contribution is 6.34. The Morgan fingerprint density at radius 1 is 1.17 bits per heavy atom. The fourth-order valence-electron chi connectivity index (χ4n) is 3.82. The largest absolute Gasteiger partial charge is 0.399 e. The molecular formula is C21H21Cl2N. The van der Waals surface area contributed by atoms with Crippen molar-refractivity contribution >= 4 is 28.9 Å². The topological polar surface area (TPSA) is 26.0 Å². The van der Waals surface area contributed by atoms with Crippen molar-refractivity contribution in [2.75, 3.05) is 5.73 Å². The Morgan fingerprint density at radius 2 is 1.75 bits per heavy atom. The molecule has 2 unspecified atom stereocenters. The van der Waals surface area contributed by atoms with E-state index in [0.29, 0.717) is 10.0 Å². The number of hydrogen-bond acceptors (Lipinski definition) is 1. The molecule has 1 aliphatic carbocycles. The second-order valence-electron chi connectivity index (χ2n) is 6.41. The van der Waals surface area contributed by atoms with Gasteiger partial charge in [0.1, 0.15) is 0 Å². The minimum Gasteiger partial charge on any atom is -0.399 e. The molecule has 0 saturated heterocycles. The first-order chi connectivity index (χ1) is 11.4. The lowest BCUT2D eigenvalue weighted by Crippen LogP contribution is -2.11. The highest BCUT2D eigenvalue weighted by Crippen LogP contribution is 2.69. The monoisotopic (exact) mass is 357 g/mol. The molecule has 2 N–H and O–H groups in total. The minimum atomic E-state index is -0.235. The number of benzene rings is 2. The number of nitrogens with two attached hydrogens (primary N) is 1. The molecule has 0 amide bonds. The van der Waals surface area contributed by atoms with Gasteiger partial charge in [0, 0.05) is 27.1 Å². The zero-order valence-electron chi connectivity index (χ0n) is 13.9. The summed E-state index contributed by atoms with van der Waals surface area (Å²) in [6.07, 6.45) is 3.27. The van der Waals surface area contributed by atoms with E-state index in [2.05, 4.69) is 38.6 Å². The fourth-order valence-corrected chi connectivity index (χ4v) is 4.35. The van der Waals surface area contributed by atoms with Gasteiger partial charge in [-0.1, -0.05) is 60.5 Å². The van der Waals surface area contributed by atoms with Gasteiger partial charge < -0.3 is 5.73 Å². The Labute approximate surface area is 153 Å². The first kappa shape index (κ1) is 17.1. The fraction of sp³-hybridized carbons (Fsp3) is 0.238. The quantitative estimate of drug-likeness (QED) is 0.488. The van der Waals surface area contributed by atoms with Crippen molar-refractivity contribution in [3.05, 3.63) is 87.4 Å². The molecule has 0 spiro atoms. The van der Waals surface area contributed by atoms with Crippen molar-refractivity contribution in [1.82, 2.24) is 0 Å². The van der Waals surface area contributed by atoms with Gasteiger partial charge in [0.25, 0.3) is 0 Å². The van der Waals surface area contributed by atoms with Crippen molar-refractivity contribution < 1.29 is 0 Å². The number of halogens is 2. The lowest BCUT2D eigenvalue weighted by molar-refractivity contribution is 0.796. The lowest BCUT2D eigenvalue weighted by Gasteiger charge is -2.19. The molecule has 0 aliphatic heterocycles. The second kappa shape index (κ2) is 6.31. The Kier molecular flexibility index (Phi) is 4.50. The van der Waals surface area contributed by atoms with Gasteiger partial charge in [-0.3, -0.25) is 0 Å². The van der Waals surface area contributed by atoms with Crippen LogP contribution in [-0.2, 0) is 5.41 Å². The van der Waals surface area contributed by atoms with Gasteiger partial charge in [-0.2, -0.15) is 0 Å². The zero-order valence-corrected chi connectivity index (χ0v) is 15.5. The van der Waals surface area contributed by atoms with E-state index < -0.39 is 0 Å². The van der Waals surface area contributed by atoms with E-state index in [4.69, 9.17) is 28.9 Å². The van der Waals surface area contributed by atoms with E-state index in [1.54, 1.807) is 6.07 Å². The molecule has 0 aromatic heterocycles. The third-order valence-corrected chi connectivity index (χ3v) is 5.24. The van der Waals surface area contributed by atoms with Gasteiger partial charge in [-0.25, -0.2) is 0 Å². The summed E-state index contributed by atoms with van der Waals surface area (Å²) in [5, 5.41) is 1.30. The van der Waals surface area contributed by atoms with Crippen LogP contribution in [0, 0.1) is 0 Å². The highest BCUT2D eigenvalue weighted by atomic mass is 35.5. The van der Waals surface area contributed by atoms with Crippen LogP contribution in [0.5, 0.6) is 0 Å². The van der Waals surface area contributed by atoms with E-state index in [1.807, 2.05) is 24.3 Å². The van der Waals surface area contributed by atoms with E-state index in [-0.39, 0.29) is 11.3 Å². The molecule has 124 valence electrons. The Hall–Kier alpha value is -1.70. The van der Waals surface area contributed by atoms with Gasteiger partial charge >= 0.3 is 0 Å². The molecule has 2 aromatic carbocycles. The summed E-state index contributed by atoms with van der Waals surface area (Å²) in [7, 11) is 0. The predicted octanol–water partition coefficient (Wildman–Crippen LogP) is 6.52. The summed E-state index contributed by atoms with van der Waals surface area (Å²) in [5.41, 5.74) is 11.2. The number of hydrogen-bond donors (Lipinski definition) is 1. The van der Waals surface area contributed by atoms with Crippen LogP contribution >= 0.6 is 23.2 Å². The summed E-state index contributed by atoms with van der Waals surface area (Å²) in [5.74, 6) is 0.255. The SMILES string of the molecule is C=C(C)C1(c2cc(Cl)cc(Cl)c2)/C(=C/CC)C1c1ccc(N)cc1. The third kappa shape index (κ3) is 2.66. The second-order valence-corrected chi connectivity index (χ2v) is 7.29. The van der Waals surface area contributed by atoms with Crippen molar-refractivity contribution in [3.8, 4) is 0 Å². The van der Waals surface area contributed by atoms with E-state index in [9.17, 15) is 0 Å². The smallest absolute Gasteiger partial charge is 0.0479 e. The molecule has 1 nitrogen and oxygen atoms in total. The van der Waals surface area contributed by atoms with Crippen LogP contribution in [0.25, 0.3) is 0 Å². The van der Waals surface area contributed by atoms with Crippen molar-refractivity contribution in [3.63, 3.8) is 0 Å². The number of allylic oxidation sites excluding steroid dienone is 3. The van der Waals surface area contributed by atoms with Gasteiger partial charge in [-0.05, 0) is 60.4 Å². The standard InChI is InChI=1S/C21H21Cl2N/c1-4-5-19-20(14-6-8-18(24)9-7-14)21(19,13(2)3)15-10-16(22)12-17(23)11-15/h5-12,20H,2,4,24H2,1,3H3/b19-5+. The molecule has 3 rings (SSSR count). The van der Waals surface area contributed by atoms with Gasteiger partial charge in [-0.15, -0.1) is 0 Å². The lowest BCUT2D eigenvalue weighted by atomic mass is 9.84. The van der Waals surface area contributed by atoms with E-state index >= 15 is 0 Å². The van der Waals surface area contributed by atoms with Gasteiger partial charge in [0.2, 0.25) is 0 Å². The maximum Gasteiger partial charge on any atom is 0.0479 e. The molecule has 0 bridgehead atoms. The number of anilines is 1. The molecule has 24 heavy (non-hydrogen) atoms. The molecule has 3 heteroatoms. The van der Waals surface area contributed by atoms with Crippen LogP contribution < -0.4 is 5.73 Å². The zero-order chi connectivity index (χ0) is 17.5. The first-order valence-corrected chi connectivity index (χ1v) is 8.85. The van der Waals surface area contributed by atoms with Crippen LogP contribution in [0.3, 0.4) is 0 Å². The van der Waals surface area contributed by atoms with Crippen LogP contribution in [0.1, 0.15) is 37.3 Å². The molecule has 0 radical (unpaired) electrons. The maximum absolute atomic E-state index is 6.28. The molecule has 2 aromatic rings. The van der Waals surface area contributed by atoms with Crippen LogP contribution in [0.15, 0.2) is 66.3 Å². The molecule has 1 saturated carbocycles. The molecule has 1 aliphatic rings. The minimum absolute atomic E-state index is 0.235. The summed E-state index contributed by atoms with van der Waals surface area (Å²) in [6.45, 7) is 8.53. The molecule has 2 atom stereocenters. The maximum atomic E-state index is 6.28. The molecule has 1 fully saturated rings. The van der Waals surface area contributed by atoms with Crippen molar-refractivity contribution in [1.29, 1.82) is 0 Å². The Morgan fingerprint density at radius 3 is 2.25 bits per heavy atom. The highest BCUT2D eigenvalue weighted by Gasteiger charge is 2.61. The van der Waals surface area contributed by atoms with Crippen LogP contribution in [0.2, 0.25) is 10.0 Å². The van der Waals surface area contributed by atoms with Crippen LogP contribution in [-0.4, -0.2) is 0 Å². The van der Waals surface area contributed by atoms with Gasteiger partial charge in [0.05, 0.1) is 0 Å². The predicted molar refractivity (Wildman–Crippen MR) is 105 cm³/mol. The van der Waals surface area contributed by atoms with E-state index in [0.717, 1.165) is 23.2 Å². The first-order valence-electron chi connectivity index (χ1n) is 8.09. The summed E-state index contributed by atoms with van der Waals surface area (Å²) in [4.78, 5) is 0. The third-order valence-electron chi connectivity index (χ3n) is 4.80. The average Bonchev–Trinajstić information content (AvgIpc) is 3.17. The summed E-state index contributed by atoms with van der Waals surface area (Å²) >= 11 is 12.6. The van der Waals surface area contributed by atoms with Crippen LogP contribution in [0.4, 0.5) is 5.69 Å². The number of nitrogen functional groups attached to an aromatic ring is 1. The van der Waals surface area contributed by atoms with E-state index in [1.165, 1.54) is 11.1 Å². The van der Waals surface area contributed by atoms with Gasteiger partial charge in [0.15, 0.2) is 0 Å². The van der Waals surface area contributed by atoms with Crippen molar-refractivity contribution in [2.45, 2.75) is 31.6 Å². The Bertz CT molecular complexity index is 800. The Balaban J connectivity index is 2.19. The summed E-state index contributed by atoms with van der Waals surface area (Å²) in [6, 6.07) is 13.9. The normalized spacial score (nSPS) is 24.2. The van der Waals surface area contributed by atoms with Crippen molar-refractivity contribution in [2.24, 2.45) is 0 Å². The average molecular weight is 358 g/mol.